The van der Waals surface area contributed by atoms with Crippen molar-refractivity contribution in [1.29, 1.82) is 0 Å². The molecular weight excluding hydrogens is 553 g/mol. The predicted molar refractivity (Wildman–Crippen MR) is 158 cm³/mol. The highest BCUT2D eigenvalue weighted by molar-refractivity contribution is 6.12. The number of furan rings is 1. The highest BCUT2D eigenvalue weighted by Gasteiger charge is 2.46. The van der Waals surface area contributed by atoms with E-state index in [9.17, 15) is 24.4 Å². The fraction of sp³-hybridized carbons (Fsp3) is 0.152. The number of carbonyl (C=O) groups is 2. The van der Waals surface area contributed by atoms with Crippen molar-refractivity contribution in [3.8, 4) is 28.2 Å². The Morgan fingerprint density at radius 1 is 0.977 bits per heavy atom. The summed E-state index contributed by atoms with van der Waals surface area (Å²) in [6, 6.07) is 23.0. The van der Waals surface area contributed by atoms with Gasteiger partial charge in [-0.1, -0.05) is 36.4 Å². The molecule has 4 aromatic carbocycles. The van der Waals surface area contributed by atoms with Crippen molar-refractivity contribution in [2.45, 2.75) is 18.4 Å². The van der Waals surface area contributed by atoms with E-state index in [1.54, 1.807) is 24.3 Å². The maximum atomic E-state index is 13.6. The lowest BCUT2D eigenvalue weighted by atomic mass is 9.96. The summed E-state index contributed by atoms with van der Waals surface area (Å²) in [5.41, 5.74) is 2.19. The topological polar surface area (TPSA) is 128 Å². The van der Waals surface area contributed by atoms with Crippen LogP contribution >= 0.6 is 0 Å². The van der Waals surface area contributed by atoms with Gasteiger partial charge in [0.1, 0.15) is 22.9 Å². The van der Waals surface area contributed by atoms with Gasteiger partial charge in [0.2, 0.25) is 0 Å². The first-order chi connectivity index (χ1) is 20.7. The molecule has 4 N–H and O–H groups in total. The monoisotopic (exact) mass is 581 g/mol. The number of hydrogen-bond donors (Lipinski definition) is 4. The molecule has 0 radical (unpaired) electrons. The largest absolute Gasteiger partial charge is 0.595 e. The molecule has 5 aromatic rings. The number of quaternary nitrogens is 1. The van der Waals surface area contributed by atoms with Gasteiger partial charge in [0.25, 0.3) is 11.8 Å². The van der Waals surface area contributed by atoms with Crippen molar-refractivity contribution in [3.63, 3.8) is 0 Å². The van der Waals surface area contributed by atoms with E-state index >= 15 is 0 Å². The zero-order chi connectivity index (χ0) is 30.3. The SMILES string of the molecule is CNC(=O)c1c(-c2ccc(F)cc2)oc2cc([NH+]([O-])O)c(-c3ccc(OC)c(C(=O)NC4(c5ccccc5)CC4)c3)cc12. The van der Waals surface area contributed by atoms with Crippen molar-refractivity contribution in [1.82, 2.24) is 10.6 Å². The highest BCUT2D eigenvalue weighted by atomic mass is 19.1. The molecule has 1 aliphatic rings. The molecular formula is C33H28FN3O6. The Morgan fingerprint density at radius 3 is 2.30 bits per heavy atom. The Kier molecular flexibility index (Phi) is 7.18. The van der Waals surface area contributed by atoms with E-state index in [0.717, 1.165) is 18.4 Å². The Balaban J connectivity index is 1.48. The number of amides is 2. The maximum Gasteiger partial charge on any atom is 0.255 e. The van der Waals surface area contributed by atoms with Gasteiger partial charge >= 0.3 is 0 Å². The Labute approximate surface area is 246 Å². The van der Waals surface area contributed by atoms with Crippen LogP contribution < -0.4 is 20.6 Å². The van der Waals surface area contributed by atoms with Gasteiger partial charge < -0.3 is 25.0 Å². The molecule has 0 aliphatic heterocycles. The second-order valence-electron chi connectivity index (χ2n) is 10.4. The molecule has 0 spiro atoms. The van der Waals surface area contributed by atoms with Gasteiger partial charge in [0.15, 0.2) is 5.69 Å². The number of halogens is 1. The minimum absolute atomic E-state index is 0.0881. The molecule has 1 atom stereocenters. The van der Waals surface area contributed by atoms with Crippen LogP contribution in [-0.2, 0) is 5.54 Å². The molecule has 9 nitrogen and oxygen atoms in total. The van der Waals surface area contributed by atoms with Crippen LogP contribution in [0.25, 0.3) is 33.4 Å². The smallest absolute Gasteiger partial charge is 0.255 e. The van der Waals surface area contributed by atoms with Crippen LogP contribution in [0.4, 0.5) is 10.1 Å². The van der Waals surface area contributed by atoms with Crippen LogP contribution in [0.2, 0.25) is 0 Å². The zero-order valence-corrected chi connectivity index (χ0v) is 23.4. The molecule has 43 heavy (non-hydrogen) atoms. The zero-order valence-electron chi connectivity index (χ0n) is 23.4. The van der Waals surface area contributed by atoms with Crippen LogP contribution in [0.1, 0.15) is 39.1 Å². The molecule has 218 valence electrons. The van der Waals surface area contributed by atoms with Gasteiger partial charge in [-0.25, -0.2) is 9.60 Å². The number of nitrogens with one attached hydrogen (secondary N) is 3. The third-order valence-corrected chi connectivity index (χ3v) is 7.80. The number of rotatable bonds is 8. The first-order valence-corrected chi connectivity index (χ1v) is 13.6. The summed E-state index contributed by atoms with van der Waals surface area (Å²) in [6.07, 6.45) is 1.59. The fourth-order valence-corrected chi connectivity index (χ4v) is 5.42. The molecule has 1 unspecified atom stereocenters. The van der Waals surface area contributed by atoms with Crippen molar-refractivity contribution in [2.75, 3.05) is 14.2 Å². The van der Waals surface area contributed by atoms with Gasteiger partial charge in [0.05, 0.1) is 23.8 Å². The third kappa shape index (κ3) is 5.12. The predicted octanol–water partition coefficient (Wildman–Crippen LogP) is 5.10. The molecule has 1 fully saturated rings. The van der Waals surface area contributed by atoms with Crippen LogP contribution in [0.5, 0.6) is 5.75 Å². The summed E-state index contributed by atoms with van der Waals surface area (Å²) >= 11 is 0. The van der Waals surface area contributed by atoms with Crippen LogP contribution in [0, 0.1) is 11.0 Å². The summed E-state index contributed by atoms with van der Waals surface area (Å²) in [7, 11) is 2.93. The van der Waals surface area contributed by atoms with E-state index in [4.69, 9.17) is 9.15 Å². The molecule has 6 rings (SSSR count). The second kappa shape index (κ2) is 11.0. The van der Waals surface area contributed by atoms with Gasteiger partial charge in [-0.3, -0.25) is 9.59 Å². The molecule has 10 heteroatoms. The molecule has 1 aromatic heterocycles. The number of hydrogen-bond acceptors (Lipinski definition) is 6. The van der Waals surface area contributed by atoms with E-state index in [0.29, 0.717) is 22.3 Å². The quantitative estimate of drug-likeness (QED) is 0.189. The number of methoxy groups -OCH3 is 1. The van der Waals surface area contributed by atoms with E-state index in [-0.39, 0.29) is 39.6 Å². The molecule has 1 heterocycles. The van der Waals surface area contributed by atoms with Crippen molar-refractivity contribution in [2.24, 2.45) is 0 Å². The second-order valence-corrected chi connectivity index (χ2v) is 10.4. The maximum absolute atomic E-state index is 13.6. The third-order valence-electron chi connectivity index (χ3n) is 7.80. The lowest BCUT2D eigenvalue weighted by Crippen LogP contribution is -2.99. The standard InChI is InChI=1S/C33H28FN3O6/c1-35-32(39)29-24-17-23(26(37(40)41)18-28(24)43-30(29)19-8-11-22(34)12-9-19)20-10-13-27(42-2)25(16-20)31(38)36-33(14-15-33)21-6-4-3-5-7-21/h3-13,16-18,37,40H,14-15H2,1-2H3,(H,35,39)(H,36,38). The summed E-state index contributed by atoms with van der Waals surface area (Å²) < 4.78 is 25.1. The Hall–Kier alpha value is -5.03. The molecule has 1 saturated carbocycles. The Bertz CT molecular complexity index is 1850. The van der Waals surface area contributed by atoms with E-state index < -0.39 is 22.5 Å². The lowest BCUT2D eigenvalue weighted by Gasteiger charge is -2.20. The van der Waals surface area contributed by atoms with Crippen LogP contribution in [0.3, 0.4) is 0 Å². The van der Waals surface area contributed by atoms with Crippen molar-refractivity contribution >= 4 is 28.5 Å². The van der Waals surface area contributed by atoms with Gasteiger partial charge in [-0.15, -0.1) is 0 Å². The summed E-state index contributed by atoms with van der Waals surface area (Å²) in [6.45, 7) is 0. The summed E-state index contributed by atoms with van der Waals surface area (Å²) in [4.78, 5) is 26.7. The van der Waals surface area contributed by atoms with Crippen LogP contribution in [0.15, 0.2) is 89.3 Å². The number of benzene rings is 4. The lowest BCUT2D eigenvalue weighted by molar-refractivity contribution is -0.991. The fourth-order valence-electron chi connectivity index (χ4n) is 5.42. The number of fused-ring (bicyclic) bond motifs is 1. The van der Waals surface area contributed by atoms with Gasteiger partial charge in [-0.2, -0.15) is 5.23 Å². The van der Waals surface area contributed by atoms with E-state index in [1.807, 2.05) is 30.3 Å². The van der Waals surface area contributed by atoms with Crippen LogP contribution in [-0.4, -0.2) is 31.2 Å². The summed E-state index contributed by atoms with van der Waals surface area (Å²) in [5, 5.41) is 27.5. The molecule has 2 amide bonds. The summed E-state index contributed by atoms with van der Waals surface area (Å²) in [5.74, 6) is -0.764. The minimum atomic E-state index is -1.22. The Morgan fingerprint density at radius 2 is 1.67 bits per heavy atom. The van der Waals surface area contributed by atoms with Crippen molar-refractivity contribution < 1.29 is 33.6 Å². The van der Waals surface area contributed by atoms with Gasteiger partial charge in [0, 0.05) is 29.6 Å². The average Bonchev–Trinajstić information content (AvgIpc) is 3.71. The molecule has 0 saturated heterocycles. The highest BCUT2D eigenvalue weighted by Crippen LogP contribution is 2.46. The van der Waals surface area contributed by atoms with Gasteiger partial charge in [-0.05, 0) is 66.4 Å². The minimum Gasteiger partial charge on any atom is -0.595 e. The van der Waals surface area contributed by atoms with Crippen molar-refractivity contribution in [3.05, 3.63) is 113 Å². The number of carbonyl (C=O) groups excluding carboxylic acids is 2. The van der Waals surface area contributed by atoms with E-state index in [2.05, 4.69) is 10.6 Å². The molecule has 1 aliphatic carbocycles. The average molecular weight is 582 g/mol. The number of ether oxygens (including phenoxy) is 1. The first kappa shape index (κ1) is 28.1. The molecule has 0 bridgehead atoms. The van der Waals surface area contributed by atoms with E-state index in [1.165, 1.54) is 44.5 Å². The first-order valence-electron chi connectivity index (χ1n) is 13.6. The normalized spacial score (nSPS) is 14.3.